The van der Waals surface area contributed by atoms with E-state index in [9.17, 15) is 13.2 Å². The fourth-order valence-electron chi connectivity index (χ4n) is 2.85. The second kappa shape index (κ2) is 8.10. The van der Waals surface area contributed by atoms with Crippen molar-refractivity contribution in [3.8, 4) is 0 Å². The summed E-state index contributed by atoms with van der Waals surface area (Å²) >= 11 is 6.05. The van der Waals surface area contributed by atoms with Crippen LogP contribution in [0.2, 0.25) is 5.02 Å². The Hall–Kier alpha value is -2.05. The van der Waals surface area contributed by atoms with Crippen molar-refractivity contribution in [1.82, 2.24) is 4.90 Å². The molecule has 0 unspecified atom stereocenters. The Morgan fingerprint density at radius 3 is 2.35 bits per heavy atom. The molecule has 7 heteroatoms. The second-order valence-electron chi connectivity index (χ2n) is 6.35. The topological polar surface area (TPSA) is 57.7 Å². The molecule has 2 rings (SSSR count). The van der Waals surface area contributed by atoms with E-state index in [2.05, 4.69) is 0 Å². The number of aryl methyl sites for hydroxylation is 1. The van der Waals surface area contributed by atoms with Crippen molar-refractivity contribution in [3.63, 3.8) is 0 Å². The number of carbonyl (C=O) groups excluding carboxylic acids is 1. The fourth-order valence-corrected chi connectivity index (χ4v) is 4.23. The first-order valence-corrected chi connectivity index (χ1v) is 10.4. The summed E-state index contributed by atoms with van der Waals surface area (Å²) in [7, 11) is -2.02. The molecule has 0 N–H and O–H groups in total. The Morgan fingerprint density at radius 2 is 1.77 bits per heavy atom. The molecule has 1 amide bonds. The molecule has 0 radical (unpaired) electrons. The van der Waals surface area contributed by atoms with E-state index in [-0.39, 0.29) is 5.91 Å². The van der Waals surface area contributed by atoms with Gasteiger partial charge < -0.3 is 4.90 Å². The highest BCUT2D eigenvalue weighted by molar-refractivity contribution is 7.92. The minimum Gasteiger partial charge on any atom is -0.340 e. The minimum absolute atomic E-state index is 0.293. The number of rotatable bonds is 6. The van der Waals surface area contributed by atoms with E-state index in [1.165, 1.54) is 4.90 Å². The van der Waals surface area contributed by atoms with Gasteiger partial charge in [0.25, 0.3) is 0 Å². The molecule has 0 saturated heterocycles. The standard InChI is InChI=1S/C19H23ClN2O3S/c1-14-10-11-17(20)12-18(14)22(26(4,24)25)15(2)19(23)21(3)13-16-8-6-5-7-9-16/h5-12,15H,13H2,1-4H3/t15-/m0/s1. The van der Waals surface area contributed by atoms with Gasteiger partial charge in [-0.15, -0.1) is 0 Å². The van der Waals surface area contributed by atoms with Gasteiger partial charge in [0.1, 0.15) is 6.04 Å². The molecule has 5 nitrogen and oxygen atoms in total. The van der Waals surface area contributed by atoms with E-state index in [4.69, 9.17) is 11.6 Å². The smallest absolute Gasteiger partial charge is 0.246 e. The maximum Gasteiger partial charge on any atom is 0.246 e. The maximum atomic E-state index is 12.9. The lowest BCUT2D eigenvalue weighted by atomic mass is 10.1. The maximum absolute atomic E-state index is 12.9. The zero-order valence-electron chi connectivity index (χ0n) is 15.3. The van der Waals surface area contributed by atoms with Crippen LogP contribution in [0.15, 0.2) is 48.5 Å². The summed E-state index contributed by atoms with van der Waals surface area (Å²) in [5, 5.41) is 0.413. The number of hydrogen-bond acceptors (Lipinski definition) is 3. The number of likely N-dealkylation sites (N-methyl/N-ethyl adjacent to an activating group) is 1. The summed E-state index contributed by atoms with van der Waals surface area (Å²) < 4.78 is 26.0. The van der Waals surface area contributed by atoms with Crippen molar-refractivity contribution in [2.75, 3.05) is 17.6 Å². The van der Waals surface area contributed by atoms with Gasteiger partial charge in [0, 0.05) is 18.6 Å². The molecule has 140 valence electrons. The summed E-state index contributed by atoms with van der Waals surface area (Å²) in [5.74, 6) is -0.293. The van der Waals surface area contributed by atoms with Crippen LogP contribution < -0.4 is 4.31 Å². The molecule has 0 aromatic heterocycles. The Kier molecular flexibility index (Phi) is 6.31. The lowest BCUT2D eigenvalue weighted by Crippen LogP contribution is -2.48. The molecule has 0 fully saturated rings. The number of benzene rings is 2. The van der Waals surface area contributed by atoms with E-state index in [0.717, 1.165) is 21.7 Å². The summed E-state index contributed by atoms with van der Waals surface area (Å²) in [6.07, 6.45) is 1.09. The molecule has 0 aliphatic carbocycles. The average Bonchev–Trinajstić information content (AvgIpc) is 2.57. The van der Waals surface area contributed by atoms with Gasteiger partial charge in [-0.1, -0.05) is 48.0 Å². The number of carbonyl (C=O) groups is 1. The predicted octanol–water partition coefficient (Wildman–Crippen LogP) is 3.46. The molecule has 0 bridgehead atoms. The Balaban J connectivity index is 2.33. The van der Waals surface area contributed by atoms with Gasteiger partial charge in [-0.3, -0.25) is 9.10 Å². The third-order valence-corrected chi connectivity index (χ3v) is 5.58. The summed E-state index contributed by atoms with van der Waals surface area (Å²) in [6, 6.07) is 13.6. The van der Waals surface area contributed by atoms with Crippen LogP contribution in [0, 0.1) is 6.92 Å². The average molecular weight is 395 g/mol. The van der Waals surface area contributed by atoms with Crippen LogP contribution >= 0.6 is 11.6 Å². The highest BCUT2D eigenvalue weighted by Gasteiger charge is 2.32. The van der Waals surface area contributed by atoms with Crippen LogP contribution in [0.25, 0.3) is 0 Å². The predicted molar refractivity (Wildman–Crippen MR) is 106 cm³/mol. The van der Waals surface area contributed by atoms with E-state index >= 15 is 0 Å². The van der Waals surface area contributed by atoms with E-state index in [1.54, 1.807) is 39.1 Å². The quantitative estimate of drug-likeness (QED) is 0.753. The van der Waals surface area contributed by atoms with E-state index in [0.29, 0.717) is 17.3 Å². The van der Waals surface area contributed by atoms with Crippen molar-refractivity contribution in [1.29, 1.82) is 0 Å². The van der Waals surface area contributed by atoms with E-state index < -0.39 is 16.1 Å². The highest BCUT2D eigenvalue weighted by atomic mass is 35.5. The Labute approximate surface area is 160 Å². The largest absolute Gasteiger partial charge is 0.340 e. The van der Waals surface area contributed by atoms with Gasteiger partial charge in [0.2, 0.25) is 15.9 Å². The number of hydrogen-bond donors (Lipinski definition) is 0. The molecule has 0 aliphatic rings. The van der Waals surface area contributed by atoms with E-state index in [1.807, 2.05) is 30.3 Å². The SMILES string of the molecule is Cc1ccc(Cl)cc1N([C@@H](C)C(=O)N(C)Cc1ccccc1)S(C)(=O)=O. The van der Waals surface area contributed by atoms with Gasteiger partial charge in [-0.25, -0.2) is 8.42 Å². The van der Waals surface area contributed by atoms with Gasteiger partial charge in [0.05, 0.1) is 11.9 Å². The van der Waals surface area contributed by atoms with Crippen LogP contribution in [0.5, 0.6) is 0 Å². The first-order chi connectivity index (χ1) is 12.1. The monoisotopic (exact) mass is 394 g/mol. The molecule has 0 aliphatic heterocycles. The van der Waals surface area contributed by atoms with Gasteiger partial charge in [-0.05, 0) is 37.1 Å². The fraction of sp³-hybridized carbons (Fsp3) is 0.316. The van der Waals surface area contributed by atoms with Crippen LogP contribution in [-0.4, -0.2) is 38.6 Å². The normalized spacial score (nSPS) is 12.5. The zero-order valence-corrected chi connectivity index (χ0v) is 16.9. The second-order valence-corrected chi connectivity index (χ2v) is 8.64. The summed E-state index contributed by atoms with van der Waals surface area (Å²) in [4.78, 5) is 14.4. The van der Waals surface area contributed by atoms with Gasteiger partial charge in [-0.2, -0.15) is 0 Å². The van der Waals surface area contributed by atoms with Crippen molar-refractivity contribution < 1.29 is 13.2 Å². The van der Waals surface area contributed by atoms with Crippen LogP contribution in [0.1, 0.15) is 18.1 Å². The number of sulfonamides is 1. The van der Waals surface area contributed by atoms with Gasteiger partial charge >= 0.3 is 0 Å². The Bertz CT molecular complexity index is 885. The third-order valence-electron chi connectivity index (χ3n) is 4.11. The number of nitrogens with zero attached hydrogens (tertiary/aromatic N) is 2. The Morgan fingerprint density at radius 1 is 1.15 bits per heavy atom. The lowest BCUT2D eigenvalue weighted by Gasteiger charge is -2.32. The molecule has 2 aromatic carbocycles. The summed E-state index contributed by atoms with van der Waals surface area (Å²) in [6.45, 7) is 3.77. The van der Waals surface area contributed by atoms with Crippen molar-refractivity contribution in [2.24, 2.45) is 0 Å². The number of anilines is 1. The first kappa shape index (κ1) is 20.3. The first-order valence-electron chi connectivity index (χ1n) is 8.15. The highest BCUT2D eigenvalue weighted by Crippen LogP contribution is 2.28. The summed E-state index contributed by atoms with van der Waals surface area (Å²) in [5.41, 5.74) is 2.11. The number of halogens is 1. The molecule has 2 aromatic rings. The molecular formula is C19H23ClN2O3S. The molecule has 0 spiro atoms. The van der Waals surface area contributed by atoms with Crippen molar-refractivity contribution in [3.05, 3.63) is 64.7 Å². The van der Waals surface area contributed by atoms with Crippen LogP contribution in [0.4, 0.5) is 5.69 Å². The van der Waals surface area contributed by atoms with Crippen LogP contribution in [0.3, 0.4) is 0 Å². The third kappa shape index (κ3) is 4.77. The molecular weight excluding hydrogens is 372 g/mol. The van der Waals surface area contributed by atoms with Crippen molar-refractivity contribution >= 4 is 33.2 Å². The van der Waals surface area contributed by atoms with Crippen molar-refractivity contribution in [2.45, 2.75) is 26.4 Å². The molecule has 0 heterocycles. The lowest BCUT2D eigenvalue weighted by molar-refractivity contribution is -0.131. The minimum atomic E-state index is -3.68. The van der Waals surface area contributed by atoms with Gasteiger partial charge in [0.15, 0.2) is 0 Å². The zero-order chi connectivity index (χ0) is 19.5. The molecule has 1 atom stereocenters. The molecule has 26 heavy (non-hydrogen) atoms. The number of amides is 1. The molecule has 0 saturated carbocycles. The van der Waals surface area contributed by atoms with Crippen LogP contribution in [-0.2, 0) is 21.4 Å².